The smallest absolute Gasteiger partial charge is 0.141 e. The minimum absolute atomic E-state index is 0.219. The van der Waals surface area contributed by atoms with E-state index in [1.807, 2.05) is 0 Å². The Labute approximate surface area is 120 Å². The van der Waals surface area contributed by atoms with Crippen LogP contribution < -0.4 is 5.32 Å². The number of fused-ring (bicyclic) bond motifs is 1. The van der Waals surface area contributed by atoms with E-state index in [1.165, 1.54) is 36.0 Å². The standard InChI is InChI=1S/C16H22N4/c1-2-8-17-15(16-18-11-19-20-16)10-12-6-7-13-4-3-5-14(13)9-12/h6-7,9,11,15,17H,2-5,8,10H2,1H3,(H,18,19,20). The van der Waals surface area contributed by atoms with Crippen molar-refractivity contribution < 1.29 is 0 Å². The lowest BCUT2D eigenvalue weighted by molar-refractivity contribution is 0.506. The average molecular weight is 270 g/mol. The monoisotopic (exact) mass is 270 g/mol. The molecule has 106 valence electrons. The van der Waals surface area contributed by atoms with Gasteiger partial charge in [0, 0.05) is 0 Å². The first kappa shape index (κ1) is 13.3. The van der Waals surface area contributed by atoms with Crippen LogP contribution in [0.3, 0.4) is 0 Å². The van der Waals surface area contributed by atoms with Crippen molar-refractivity contribution in [3.05, 3.63) is 47.0 Å². The van der Waals surface area contributed by atoms with Gasteiger partial charge >= 0.3 is 0 Å². The zero-order valence-corrected chi connectivity index (χ0v) is 12.0. The summed E-state index contributed by atoms with van der Waals surface area (Å²) in [6, 6.07) is 7.16. The third kappa shape index (κ3) is 2.90. The number of hydrogen-bond acceptors (Lipinski definition) is 3. The molecule has 1 aromatic carbocycles. The Morgan fingerprint density at radius 3 is 3.00 bits per heavy atom. The van der Waals surface area contributed by atoms with Gasteiger partial charge in [0.15, 0.2) is 0 Å². The second-order valence-corrected chi connectivity index (χ2v) is 5.54. The van der Waals surface area contributed by atoms with Crippen molar-refractivity contribution in [2.45, 2.75) is 45.1 Å². The van der Waals surface area contributed by atoms with Crippen LogP contribution in [0.5, 0.6) is 0 Å². The molecule has 2 aromatic rings. The largest absolute Gasteiger partial charge is 0.307 e. The topological polar surface area (TPSA) is 53.6 Å². The van der Waals surface area contributed by atoms with Crippen LogP contribution in [0.1, 0.15) is 48.3 Å². The Kier molecular flexibility index (Phi) is 4.11. The van der Waals surface area contributed by atoms with Crippen molar-refractivity contribution in [2.75, 3.05) is 6.54 Å². The minimum Gasteiger partial charge on any atom is -0.307 e. The second kappa shape index (κ2) is 6.18. The third-order valence-electron chi connectivity index (χ3n) is 4.01. The first-order valence-electron chi connectivity index (χ1n) is 7.56. The number of H-pyrrole nitrogens is 1. The van der Waals surface area contributed by atoms with Gasteiger partial charge in [-0.2, -0.15) is 5.10 Å². The van der Waals surface area contributed by atoms with Gasteiger partial charge in [-0.1, -0.05) is 25.1 Å². The maximum Gasteiger partial charge on any atom is 0.141 e. The number of rotatable bonds is 6. The summed E-state index contributed by atoms with van der Waals surface area (Å²) in [4.78, 5) is 4.31. The lowest BCUT2D eigenvalue weighted by Gasteiger charge is -2.16. The van der Waals surface area contributed by atoms with Gasteiger partial charge in [0.25, 0.3) is 0 Å². The fourth-order valence-electron chi connectivity index (χ4n) is 2.95. The fourth-order valence-corrected chi connectivity index (χ4v) is 2.95. The summed E-state index contributed by atoms with van der Waals surface area (Å²) in [6.45, 7) is 3.18. The van der Waals surface area contributed by atoms with Crippen LogP contribution in [-0.2, 0) is 19.3 Å². The average Bonchev–Trinajstić information content (AvgIpc) is 3.13. The van der Waals surface area contributed by atoms with E-state index in [0.29, 0.717) is 0 Å². The summed E-state index contributed by atoms with van der Waals surface area (Å²) < 4.78 is 0. The van der Waals surface area contributed by atoms with Crippen molar-refractivity contribution in [3.8, 4) is 0 Å². The van der Waals surface area contributed by atoms with Crippen LogP contribution in [0.2, 0.25) is 0 Å². The lowest BCUT2D eigenvalue weighted by Crippen LogP contribution is -2.25. The van der Waals surface area contributed by atoms with Crippen LogP contribution in [0.25, 0.3) is 0 Å². The summed E-state index contributed by atoms with van der Waals surface area (Å²) in [6.07, 6.45) is 7.45. The molecule has 0 spiro atoms. The number of nitrogens with zero attached hydrogens (tertiary/aromatic N) is 2. The van der Waals surface area contributed by atoms with E-state index in [4.69, 9.17) is 0 Å². The Morgan fingerprint density at radius 1 is 1.30 bits per heavy atom. The van der Waals surface area contributed by atoms with Crippen LogP contribution in [0, 0.1) is 0 Å². The normalized spacial score (nSPS) is 15.2. The van der Waals surface area contributed by atoms with Gasteiger partial charge in [-0.25, -0.2) is 4.98 Å². The van der Waals surface area contributed by atoms with Crippen molar-refractivity contribution in [3.63, 3.8) is 0 Å². The molecular weight excluding hydrogens is 248 g/mol. The molecule has 2 N–H and O–H groups in total. The van der Waals surface area contributed by atoms with Crippen LogP contribution >= 0.6 is 0 Å². The first-order valence-corrected chi connectivity index (χ1v) is 7.56. The fraction of sp³-hybridized carbons (Fsp3) is 0.500. The zero-order chi connectivity index (χ0) is 13.8. The van der Waals surface area contributed by atoms with E-state index in [1.54, 1.807) is 6.33 Å². The van der Waals surface area contributed by atoms with Crippen LogP contribution in [0.4, 0.5) is 0 Å². The van der Waals surface area contributed by atoms with Crippen LogP contribution in [0.15, 0.2) is 24.5 Å². The molecule has 0 fully saturated rings. The predicted octanol–water partition coefficient (Wildman–Crippen LogP) is 2.58. The maximum absolute atomic E-state index is 4.31. The maximum atomic E-state index is 4.31. The Hall–Kier alpha value is -1.68. The van der Waals surface area contributed by atoms with E-state index < -0.39 is 0 Å². The van der Waals surface area contributed by atoms with Gasteiger partial charge in [0.2, 0.25) is 0 Å². The van der Waals surface area contributed by atoms with Gasteiger partial charge in [-0.3, -0.25) is 5.10 Å². The lowest BCUT2D eigenvalue weighted by atomic mass is 10.0. The predicted molar refractivity (Wildman–Crippen MR) is 79.6 cm³/mol. The highest BCUT2D eigenvalue weighted by Gasteiger charge is 2.16. The number of hydrogen-bond donors (Lipinski definition) is 2. The highest BCUT2D eigenvalue weighted by molar-refractivity contribution is 5.35. The quantitative estimate of drug-likeness (QED) is 0.848. The summed E-state index contributed by atoms with van der Waals surface area (Å²) in [5.41, 5.74) is 4.46. The minimum atomic E-state index is 0.219. The summed E-state index contributed by atoms with van der Waals surface area (Å²) in [5.74, 6) is 0.930. The van der Waals surface area contributed by atoms with Crippen LogP contribution in [-0.4, -0.2) is 21.7 Å². The Bertz CT molecular complexity index is 548. The van der Waals surface area contributed by atoms with E-state index in [9.17, 15) is 0 Å². The number of aromatic amines is 1. The second-order valence-electron chi connectivity index (χ2n) is 5.54. The molecule has 3 rings (SSSR count). The molecular formula is C16H22N4. The molecule has 4 nitrogen and oxygen atoms in total. The number of aromatic nitrogens is 3. The van der Waals surface area contributed by atoms with E-state index in [0.717, 1.165) is 25.2 Å². The molecule has 1 heterocycles. The molecule has 0 radical (unpaired) electrons. The molecule has 1 aliphatic rings. The number of nitrogens with one attached hydrogen (secondary N) is 2. The highest BCUT2D eigenvalue weighted by atomic mass is 15.2. The highest BCUT2D eigenvalue weighted by Crippen LogP contribution is 2.24. The van der Waals surface area contributed by atoms with Crippen molar-refractivity contribution in [1.82, 2.24) is 20.5 Å². The van der Waals surface area contributed by atoms with E-state index in [-0.39, 0.29) is 6.04 Å². The Morgan fingerprint density at radius 2 is 2.20 bits per heavy atom. The van der Waals surface area contributed by atoms with Gasteiger partial charge in [-0.15, -0.1) is 0 Å². The number of aryl methyl sites for hydroxylation is 2. The molecule has 0 saturated carbocycles. The molecule has 20 heavy (non-hydrogen) atoms. The molecule has 0 aliphatic heterocycles. The molecule has 4 heteroatoms. The summed E-state index contributed by atoms with van der Waals surface area (Å²) in [7, 11) is 0. The first-order chi connectivity index (χ1) is 9.86. The molecule has 1 unspecified atom stereocenters. The van der Waals surface area contributed by atoms with Gasteiger partial charge in [-0.05, 0) is 55.3 Å². The molecule has 0 amide bonds. The molecule has 0 saturated heterocycles. The third-order valence-corrected chi connectivity index (χ3v) is 4.01. The van der Waals surface area contributed by atoms with Crippen molar-refractivity contribution in [2.24, 2.45) is 0 Å². The van der Waals surface area contributed by atoms with Gasteiger partial charge in [0.1, 0.15) is 12.2 Å². The van der Waals surface area contributed by atoms with E-state index in [2.05, 4.69) is 45.6 Å². The molecule has 0 bridgehead atoms. The van der Waals surface area contributed by atoms with Crippen molar-refractivity contribution >= 4 is 0 Å². The molecule has 1 aliphatic carbocycles. The van der Waals surface area contributed by atoms with E-state index >= 15 is 0 Å². The summed E-state index contributed by atoms with van der Waals surface area (Å²) in [5, 5.41) is 10.5. The SMILES string of the molecule is CCCNC(Cc1ccc2c(c1)CCC2)c1ncn[nH]1. The van der Waals surface area contributed by atoms with Gasteiger partial charge < -0.3 is 5.32 Å². The number of benzene rings is 1. The molecule has 1 atom stereocenters. The Balaban J connectivity index is 1.75. The molecule has 1 aromatic heterocycles. The summed E-state index contributed by atoms with van der Waals surface area (Å²) >= 11 is 0. The van der Waals surface area contributed by atoms with Gasteiger partial charge in [0.05, 0.1) is 6.04 Å². The van der Waals surface area contributed by atoms with Crippen molar-refractivity contribution in [1.29, 1.82) is 0 Å². The zero-order valence-electron chi connectivity index (χ0n) is 12.0.